The maximum atomic E-state index is 5.70. The van der Waals surface area contributed by atoms with Crippen molar-refractivity contribution in [3.05, 3.63) is 57.6 Å². The zero-order valence-electron chi connectivity index (χ0n) is 23.3. The van der Waals surface area contributed by atoms with Crippen LogP contribution in [0.5, 0.6) is 0 Å². The average Bonchev–Trinajstić information content (AvgIpc) is 2.83. The highest BCUT2D eigenvalue weighted by Crippen LogP contribution is 2.72. The second-order valence-corrected chi connectivity index (χ2v) is 16.2. The van der Waals surface area contributed by atoms with Gasteiger partial charge in [0.05, 0.1) is 22.5 Å². The SMILES string of the molecule is Cc1cc(C)c(P2C(=NC3CCCCC3)P(c3c(C)cc(C)cc3C)C2=NC2CCCCC2)c(C)c1. The van der Waals surface area contributed by atoms with Gasteiger partial charge in [0.15, 0.2) is 0 Å². The van der Waals surface area contributed by atoms with Gasteiger partial charge in [0, 0.05) is 15.8 Å². The Morgan fingerprint density at radius 3 is 1.11 bits per heavy atom. The van der Waals surface area contributed by atoms with E-state index < -0.39 is 15.8 Å². The standard InChI is InChI=1S/C32H44N2P2/c1-21-17-23(3)29(24(4)18-21)35-31(33-27-13-9-7-10-14-27)36(30-25(5)19-22(2)20-26(30)6)32(35)34-28-15-11-8-12-16-28/h17-20,27-28H,7-16H2,1-6H3. The van der Waals surface area contributed by atoms with Crippen molar-refractivity contribution in [2.24, 2.45) is 9.98 Å². The molecule has 0 bridgehead atoms. The minimum absolute atomic E-state index is 0.511. The van der Waals surface area contributed by atoms with Crippen LogP contribution in [0, 0.1) is 41.5 Å². The summed E-state index contributed by atoms with van der Waals surface area (Å²) in [6.45, 7) is 13.8. The number of hydrogen-bond donors (Lipinski definition) is 0. The zero-order valence-corrected chi connectivity index (χ0v) is 25.1. The molecule has 0 unspecified atom stereocenters. The van der Waals surface area contributed by atoms with Crippen molar-refractivity contribution in [2.75, 3.05) is 0 Å². The van der Waals surface area contributed by atoms with Crippen molar-refractivity contribution in [3.8, 4) is 0 Å². The molecular formula is C32H44N2P2. The molecule has 2 saturated carbocycles. The van der Waals surface area contributed by atoms with Gasteiger partial charge < -0.3 is 0 Å². The van der Waals surface area contributed by atoms with Crippen LogP contribution in [0.25, 0.3) is 0 Å². The Labute approximate surface area is 222 Å². The molecule has 192 valence electrons. The highest BCUT2D eigenvalue weighted by molar-refractivity contribution is 8.39. The fourth-order valence-corrected chi connectivity index (χ4v) is 14.0. The quantitative estimate of drug-likeness (QED) is 0.361. The van der Waals surface area contributed by atoms with Gasteiger partial charge in [-0.2, -0.15) is 0 Å². The number of nitrogens with zero attached hydrogens (tertiary/aromatic N) is 2. The molecule has 1 saturated heterocycles. The molecule has 2 nitrogen and oxygen atoms in total. The lowest BCUT2D eigenvalue weighted by atomic mass is 9.96. The van der Waals surface area contributed by atoms with Crippen molar-refractivity contribution in [2.45, 2.75) is 118 Å². The van der Waals surface area contributed by atoms with Gasteiger partial charge in [0.2, 0.25) is 0 Å². The first-order valence-corrected chi connectivity index (χ1v) is 16.9. The number of benzene rings is 2. The zero-order chi connectivity index (χ0) is 25.4. The summed E-state index contributed by atoms with van der Waals surface area (Å²) in [6, 6.07) is 10.6. The van der Waals surface area contributed by atoms with Gasteiger partial charge in [-0.15, -0.1) is 0 Å². The molecule has 0 radical (unpaired) electrons. The minimum Gasteiger partial charge on any atom is -0.280 e. The Morgan fingerprint density at radius 1 is 0.500 bits per heavy atom. The minimum atomic E-state index is -0.590. The molecule has 0 atom stereocenters. The van der Waals surface area contributed by atoms with Crippen LogP contribution < -0.4 is 10.6 Å². The van der Waals surface area contributed by atoms with Crippen LogP contribution in [-0.2, 0) is 0 Å². The monoisotopic (exact) mass is 518 g/mol. The molecule has 3 aliphatic rings. The van der Waals surface area contributed by atoms with Crippen LogP contribution in [0.1, 0.15) is 97.6 Å². The van der Waals surface area contributed by atoms with Gasteiger partial charge in [-0.05, 0) is 100 Å². The van der Waals surface area contributed by atoms with Gasteiger partial charge in [-0.25, -0.2) is 0 Å². The van der Waals surface area contributed by atoms with E-state index in [0.29, 0.717) is 12.1 Å². The van der Waals surface area contributed by atoms with Gasteiger partial charge in [0.25, 0.3) is 0 Å². The average molecular weight is 519 g/mol. The molecule has 2 aromatic rings. The third-order valence-electron chi connectivity index (χ3n) is 8.26. The predicted octanol–water partition coefficient (Wildman–Crippen LogP) is 8.84. The fraction of sp³-hybridized carbons (Fsp3) is 0.562. The summed E-state index contributed by atoms with van der Waals surface area (Å²) in [5.74, 6) is 0. The van der Waals surface area contributed by atoms with Gasteiger partial charge in [-0.1, -0.05) is 73.9 Å². The molecular weight excluding hydrogens is 474 g/mol. The summed E-state index contributed by atoms with van der Waals surface area (Å²) in [6.07, 6.45) is 13.2. The molecule has 1 heterocycles. The molecule has 1 aliphatic heterocycles. The Morgan fingerprint density at radius 2 is 0.806 bits per heavy atom. The summed E-state index contributed by atoms with van der Waals surface area (Å²) in [4.78, 5) is 11.4. The van der Waals surface area contributed by atoms with Crippen LogP contribution in [0.15, 0.2) is 34.3 Å². The van der Waals surface area contributed by atoms with Crippen LogP contribution >= 0.6 is 15.8 Å². The van der Waals surface area contributed by atoms with E-state index >= 15 is 0 Å². The van der Waals surface area contributed by atoms with E-state index in [1.165, 1.54) is 108 Å². The molecule has 2 aromatic carbocycles. The Balaban J connectivity index is 1.69. The van der Waals surface area contributed by atoms with Crippen molar-refractivity contribution >= 4 is 36.8 Å². The lowest BCUT2D eigenvalue weighted by Gasteiger charge is -2.44. The molecule has 5 rings (SSSR count). The van der Waals surface area contributed by atoms with E-state index in [9.17, 15) is 0 Å². The van der Waals surface area contributed by atoms with E-state index in [4.69, 9.17) is 9.98 Å². The molecule has 0 aromatic heterocycles. The molecule has 0 N–H and O–H groups in total. The van der Waals surface area contributed by atoms with Crippen LogP contribution in [0.3, 0.4) is 0 Å². The third-order valence-corrected chi connectivity index (χ3v) is 15.0. The summed E-state index contributed by atoms with van der Waals surface area (Å²) in [7, 11) is -1.18. The van der Waals surface area contributed by atoms with Gasteiger partial charge in [0.1, 0.15) is 0 Å². The van der Waals surface area contributed by atoms with Crippen LogP contribution in [-0.4, -0.2) is 22.5 Å². The smallest absolute Gasteiger partial charge is 0.0793 e. The highest BCUT2D eigenvalue weighted by Gasteiger charge is 2.49. The Kier molecular flexibility index (Phi) is 8.15. The summed E-state index contributed by atoms with van der Waals surface area (Å²) in [5, 5.41) is 6.18. The number of rotatable bonds is 4. The third kappa shape index (κ3) is 5.28. The highest BCUT2D eigenvalue weighted by atomic mass is 31.2. The van der Waals surface area contributed by atoms with Crippen molar-refractivity contribution in [1.29, 1.82) is 0 Å². The van der Waals surface area contributed by atoms with E-state index in [-0.39, 0.29) is 0 Å². The molecule has 0 spiro atoms. The normalized spacial score (nSPS) is 23.5. The molecule has 36 heavy (non-hydrogen) atoms. The first kappa shape index (κ1) is 26.3. The number of hydrogen-bond acceptors (Lipinski definition) is 2. The van der Waals surface area contributed by atoms with E-state index in [1.54, 1.807) is 10.6 Å². The predicted molar refractivity (Wildman–Crippen MR) is 163 cm³/mol. The largest absolute Gasteiger partial charge is 0.280 e. The van der Waals surface area contributed by atoms with Gasteiger partial charge >= 0.3 is 0 Å². The molecule has 2 aliphatic carbocycles. The second kappa shape index (κ2) is 11.2. The second-order valence-electron chi connectivity index (χ2n) is 11.6. The summed E-state index contributed by atoms with van der Waals surface area (Å²) in [5.41, 5.74) is 8.51. The first-order valence-electron chi connectivity index (χ1n) is 14.2. The van der Waals surface area contributed by atoms with Crippen molar-refractivity contribution in [1.82, 2.24) is 0 Å². The van der Waals surface area contributed by atoms with Crippen LogP contribution in [0.4, 0.5) is 0 Å². The van der Waals surface area contributed by atoms with Crippen molar-refractivity contribution < 1.29 is 0 Å². The number of aryl methyl sites for hydroxylation is 6. The van der Waals surface area contributed by atoms with E-state index in [1.807, 2.05) is 0 Å². The van der Waals surface area contributed by atoms with Gasteiger partial charge in [-0.3, -0.25) is 9.98 Å². The fourth-order valence-electron chi connectivity index (χ4n) is 6.76. The molecule has 0 amide bonds. The Bertz CT molecular complexity index is 1030. The molecule has 3 fully saturated rings. The maximum absolute atomic E-state index is 5.70. The van der Waals surface area contributed by atoms with Crippen LogP contribution in [0.2, 0.25) is 0 Å². The summed E-state index contributed by atoms with van der Waals surface area (Å²) >= 11 is 0. The molecule has 4 heteroatoms. The summed E-state index contributed by atoms with van der Waals surface area (Å²) < 4.78 is 0. The van der Waals surface area contributed by atoms with E-state index in [2.05, 4.69) is 65.8 Å². The first-order chi connectivity index (χ1) is 17.3. The topological polar surface area (TPSA) is 24.7 Å². The maximum Gasteiger partial charge on any atom is 0.0793 e. The lowest BCUT2D eigenvalue weighted by Crippen LogP contribution is -2.35. The van der Waals surface area contributed by atoms with Crippen molar-refractivity contribution in [3.63, 3.8) is 0 Å². The number of aliphatic imine (C=N–C) groups is 2. The Hall–Kier alpha value is -1.36. The van der Waals surface area contributed by atoms with E-state index in [0.717, 1.165) is 0 Å². The lowest BCUT2D eigenvalue weighted by molar-refractivity contribution is 0.444.